The Morgan fingerprint density at radius 2 is 1.85 bits per heavy atom. The molecule has 0 unspecified atom stereocenters. The molecule has 0 aliphatic rings. The minimum atomic E-state index is -0.284. The van der Waals surface area contributed by atoms with Gasteiger partial charge in [-0.3, -0.25) is 14.6 Å². The van der Waals surface area contributed by atoms with Crippen molar-refractivity contribution in [1.29, 1.82) is 0 Å². The first-order valence-electron chi connectivity index (χ1n) is 10.8. The Labute approximate surface area is 197 Å². The van der Waals surface area contributed by atoms with E-state index in [1.54, 1.807) is 49.9 Å². The second-order valence-electron chi connectivity index (χ2n) is 7.65. The molecular formula is C28H24N2O4. The Morgan fingerprint density at radius 1 is 1.00 bits per heavy atom. The third-order valence-corrected chi connectivity index (χ3v) is 5.17. The molecule has 0 atom stereocenters. The second-order valence-corrected chi connectivity index (χ2v) is 7.65. The number of aromatic nitrogens is 2. The summed E-state index contributed by atoms with van der Waals surface area (Å²) in [7, 11) is 1.55. The van der Waals surface area contributed by atoms with Crippen LogP contribution in [0.25, 0.3) is 23.1 Å². The number of carbonyl (C=O) groups is 2. The molecule has 34 heavy (non-hydrogen) atoms. The number of hydrogen-bond acceptors (Lipinski definition) is 5. The normalized spacial score (nSPS) is 11.3. The first-order chi connectivity index (χ1) is 16.6. The number of methoxy groups -OCH3 is 1. The Kier molecular flexibility index (Phi) is 7.30. The van der Waals surface area contributed by atoms with E-state index in [0.29, 0.717) is 23.7 Å². The molecule has 1 N–H and O–H groups in total. The first-order valence-corrected chi connectivity index (χ1v) is 10.8. The van der Waals surface area contributed by atoms with Crippen LogP contribution in [0.2, 0.25) is 0 Å². The zero-order chi connectivity index (χ0) is 23.8. The highest BCUT2D eigenvalue weighted by Gasteiger charge is 2.07. The second kappa shape index (κ2) is 10.9. The number of fused-ring (bicyclic) bond motifs is 1. The molecule has 0 saturated heterocycles. The van der Waals surface area contributed by atoms with E-state index in [1.165, 1.54) is 12.2 Å². The van der Waals surface area contributed by atoms with Crippen molar-refractivity contribution in [2.45, 2.75) is 13.0 Å². The van der Waals surface area contributed by atoms with Crippen molar-refractivity contribution < 1.29 is 19.1 Å². The van der Waals surface area contributed by atoms with Crippen LogP contribution in [0.4, 0.5) is 0 Å². The molecule has 4 aromatic rings. The minimum Gasteiger partial charge on any atom is -0.496 e. The predicted octanol–water partition coefficient (Wildman–Crippen LogP) is 5.41. The van der Waals surface area contributed by atoms with E-state index in [9.17, 15) is 9.59 Å². The first kappa shape index (κ1) is 22.7. The Morgan fingerprint density at radius 3 is 2.65 bits per heavy atom. The summed E-state index contributed by atoms with van der Waals surface area (Å²) in [4.78, 5) is 31.7. The SMILES string of the molecule is COc1cc(OCc2cccnc2)ccc1/C=C/C(=O)CC(=O)/C=C/c1ccc2cc[nH]c2c1. The van der Waals surface area contributed by atoms with Gasteiger partial charge in [-0.15, -0.1) is 0 Å². The molecule has 2 aromatic carbocycles. The molecule has 0 bridgehead atoms. The molecule has 0 saturated carbocycles. The third-order valence-electron chi connectivity index (χ3n) is 5.17. The van der Waals surface area contributed by atoms with Gasteiger partial charge in [0.25, 0.3) is 0 Å². The molecule has 0 radical (unpaired) electrons. The molecule has 2 heterocycles. The lowest BCUT2D eigenvalue weighted by Crippen LogP contribution is -2.02. The number of nitrogens with zero attached hydrogens (tertiary/aromatic N) is 1. The number of rotatable bonds is 10. The van der Waals surface area contributed by atoms with Crippen molar-refractivity contribution in [3.8, 4) is 11.5 Å². The number of pyridine rings is 1. The molecule has 6 heteroatoms. The fourth-order valence-corrected chi connectivity index (χ4v) is 3.40. The topological polar surface area (TPSA) is 81.3 Å². The summed E-state index contributed by atoms with van der Waals surface area (Å²) in [6.45, 7) is 0.388. The summed E-state index contributed by atoms with van der Waals surface area (Å²) in [5.41, 5.74) is 3.56. The molecule has 0 aliphatic carbocycles. The molecule has 0 amide bonds. The van der Waals surface area contributed by atoms with Crippen LogP contribution in [0.5, 0.6) is 11.5 Å². The van der Waals surface area contributed by atoms with E-state index in [4.69, 9.17) is 9.47 Å². The summed E-state index contributed by atoms with van der Waals surface area (Å²) >= 11 is 0. The van der Waals surface area contributed by atoms with Crippen LogP contribution in [0.3, 0.4) is 0 Å². The summed E-state index contributed by atoms with van der Waals surface area (Å²) in [5.74, 6) is 0.668. The number of H-pyrrole nitrogens is 1. The van der Waals surface area contributed by atoms with Crippen LogP contribution in [0, 0.1) is 0 Å². The maximum Gasteiger partial charge on any atom is 0.163 e. The smallest absolute Gasteiger partial charge is 0.163 e. The molecule has 0 fully saturated rings. The van der Waals surface area contributed by atoms with Gasteiger partial charge in [-0.2, -0.15) is 0 Å². The number of aromatic amines is 1. The van der Waals surface area contributed by atoms with Gasteiger partial charge in [0.05, 0.1) is 13.5 Å². The van der Waals surface area contributed by atoms with Gasteiger partial charge in [-0.1, -0.05) is 24.3 Å². The highest BCUT2D eigenvalue weighted by Crippen LogP contribution is 2.26. The quantitative estimate of drug-likeness (QED) is 0.257. The predicted molar refractivity (Wildman–Crippen MR) is 133 cm³/mol. The fourth-order valence-electron chi connectivity index (χ4n) is 3.40. The fraction of sp³-hybridized carbons (Fsp3) is 0.107. The molecule has 0 spiro atoms. The molecular weight excluding hydrogens is 428 g/mol. The largest absolute Gasteiger partial charge is 0.496 e. The van der Waals surface area contributed by atoms with E-state index in [2.05, 4.69) is 9.97 Å². The standard InChI is InChI=1S/C28H24N2O4/c1-33-28-17-26(34-19-21-3-2-13-29-18-21)11-8-23(28)7-10-25(32)16-24(31)9-5-20-4-6-22-12-14-30-27(22)15-20/h2-15,17-18,30H,16,19H2,1H3/b9-5+,10-7+. The van der Waals surface area contributed by atoms with Crippen LogP contribution in [-0.2, 0) is 16.2 Å². The maximum atomic E-state index is 12.3. The number of allylic oxidation sites excluding steroid dienone is 2. The molecule has 4 rings (SSSR count). The number of carbonyl (C=O) groups excluding carboxylic acids is 2. The summed E-state index contributed by atoms with van der Waals surface area (Å²) in [6, 6.07) is 17.0. The average molecular weight is 453 g/mol. The van der Waals surface area contributed by atoms with Gasteiger partial charge in [0.2, 0.25) is 0 Å². The number of hydrogen-bond donors (Lipinski definition) is 1. The van der Waals surface area contributed by atoms with Crippen molar-refractivity contribution in [2.24, 2.45) is 0 Å². The lowest BCUT2D eigenvalue weighted by Gasteiger charge is -2.10. The monoisotopic (exact) mass is 452 g/mol. The van der Waals surface area contributed by atoms with Crippen LogP contribution in [0.1, 0.15) is 23.1 Å². The lowest BCUT2D eigenvalue weighted by atomic mass is 10.1. The van der Waals surface area contributed by atoms with Gasteiger partial charge < -0.3 is 14.5 Å². The van der Waals surface area contributed by atoms with E-state index in [-0.39, 0.29) is 18.0 Å². The number of nitrogens with one attached hydrogen (secondary N) is 1. The molecule has 170 valence electrons. The minimum absolute atomic E-state index is 0.202. The van der Waals surface area contributed by atoms with E-state index in [1.807, 2.05) is 42.6 Å². The van der Waals surface area contributed by atoms with Crippen LogP contribution in [-0.4, -0.2) is 28.6 Å². The van der Waals surface area contributed by atoms with E-state index < -0.39 is 0 Å². The van der Waals surface area contributed by atoms with Gasteiger partial charge in [0, 0.05) is 41.3 Å². The maximum absolute atomic E-state index is 12.3. The highest BCUT2D eigenvalue weighted by atomic mass is 16.5. The molecule has 6 nitrogen and oxygen atoms in total. The van der Waals surface area contributed by atoms with Gasteiger partial charge in [-0.25, -0.2) is 0 Å². The van der Waals surface area contributed by atoms with Crippen molar-refractivity contribution in [1.82, 2.24) is 9.97 Å². The summed E-state index contributed by atoms with van der Waals surface area (Å²) < 4.78 is 11.2. The van der Waals surface area contributed by atoms with Crippen LogP contribution in [0.15, 0.2) is 85.3 Å². The van der Waals surface area contributed by atoms with E-state index in [0.717, 1.165) is 22.0 Å². The zero-order valence-corrected chi connectivity index (χ0v) is 18.7. The highest BCUT2D eigenvalue weighted by molar-refractivity contribution is 6.11. The van der Waals surface area contributed by atoms with Gasteiger partial charge >= 0.3 is 0 Å². The average Bonchev–Trinajstić information content (AvgIpc) is 3.34. The number of ketones is 2. The Bertz CT molecular complexity index is 1350. The van der Waals surface area contributed by atoms with Gasteiger partial charge in [-0.05, 0) is 59.5 Å². The molecule has 2 aromatic heterocycles. The van der Waals surface area contributed by atoms with Crippen LogP contribution >= 0.6 is 0 Å². The molecule has 0 aliphatic heterocycles. The van der Waals surface area contributed by atoms with Crippen molar-refractivity contribution in [2.75, 3.05) is 7.11 Å². The van der Waals surface area contributed by atoms with Gasteiger partial charge in [0.1, 0.15) is 18.1 Å². The number of ether oxygens (including phenoxy) is 2. The Hall–Kier alpha value is -4.45. The van der Waals surface area contributed by atoms with Crippen LogP contribution < -0.4 is 9.47 Å². The zero-order valence-electron chi connectivity index (χ0n) is 18.7. The van der Waals surface area contributed by atoms with Crippen molar-refractivity contribution >= 4 is 34.6 Å². The summed E-state index contributed by atoms with van der Waals surface area (Å²) in [5, 5.41) is 1.10. The lowest BCUT2D eigenvalue weighted by molar-refractivity contribution is -0.121. The van der Waals surface area contributed by atoms with Crippen molar-refractivity contribution in [3.63, 3.8) is 0 Å². The number of benzene rings is 2. The Balaban J connectivity index is 1.33. The van der Waals surface area contributed by atoms with E-state index >= 15 is 0 Å². The van der Waals surface area contributed by atoms with Crippen molar-refractivity contribution in [3.05, 3.63) is 102 Å². The van der Waals surface area contributed by atoms with Gasteiger partial charge in [0.15, 0.2) is 11.6 Å². The summed E-state index contributed by atoms with van der Waals surface area (Å²) in [6.07, 6.45) is 11.3. The third kappa shape index (κ3) is 6.07.